The number of nitrogens with two attached hydrogens (primary N) is 1. The van der Waals surface area contributed by atoms with Gasteiger partial charge < -0.3 is 5.73 Å². The van der Waals surface area contributed by atoms with Crippen LogP contribution in [0.1, 0.15) is 12.8 Å². The Morgan fingerprint density at radius 3 is 2.09 bits per heavy atom. The third-order valence-electron chi connectivity index (χ3n) is 1.23. The lowest BCUT2D eigenvalue weighted by molar-refractivity contribution is -0.152. The molecule has 0 aliphatic rings. The summed E-state index contributed by atoms with van der Waals surface area (Å²) in [5.74, 6) is -2.13. The predicted molar refractivity (Wildman–Crippen MR) is 33.3 cm³/mol. The number of rotatable bonds is 3. The Hall–Kier alpha value is -0.740. The summed E-state index contributed by atoms with van der Waals surface area (Å²) in [7, 11) is 0. The SMILES string of the molecule is [CH2]CC(CC(F)(F)F)C(N)=O. The van der Waals surface area contributed by atoms with Crippen molar-refractivity contribution < 1.29 is 18.0 Å². The second-order valence-electron chi connectivity index (χ2n) is 2.21. The van der Waals surface area contributed by atoms with E-state index in [0.29, 0.717) is 0 Å². The lowest BCUT2D eigenvalue weighted by Crippen LogP contribution is -2.27. The first-order chi connectivity index (χ1) is 4.87. The van der Waals surface area contributed by atoms with Crippen molar-refractivity contribution in [3.05, 3.63) is 6.92 Å². The van der Waals surface area contributed by atoms with E-state index in [-0.39, 0.29) is 6.42 Å². The zero-order valence-electron chi connectivity index (χ0n) is 5.82. The van der Waals surface area contributed by atoms with E-state index >= 15 is 0 Å². The van der Waals surface area contributed by atoms with E-state index < -0.39 is 24.4 Å². The van der Waals surface area contributed by atoms with Crippen molar-refractivity contribution in [2.75, 3.05) is 0 Å². The van der Waals surface area contributed by atoms with Crippen molar-refractivity contribution >= 4 is 5.91 Å². The predicted octanol–water partition coefficient (Wildman–Crippen LogP) is 1.26. The third kappa shape index (κ3) is 4.64. The molecule has 0 saturated heterocycles. The number of primary amides is 1. The first kappa shape index (κ1) is 10.3. The van der Waals surface area contributed by atoms with Crippen LogP contribution in [-0.4, -0.2) is 12.1 Å². The minimum Gasteiger partial charge on any atom is -0.369 e. The lowest BCUT2D eigenvalue weighted by atomic mass is 10.0. The Kier molecular flexibility index (Phi) is 3.35. The van der Waals surface area contributed by atoms with Crippen molar-refractivity contribution in [1.29, 1.82) is 0 Å². The Bertz CT molecular complexity index is 143. The van der Waals surface area contributed by atoms with Crippen molar-refractivity contribution in [2.24, 2.45) is 11.7 Å². The molecule has 65 valence electrons. The van der Waals surface area contributed by atoms with Gasteiger partial charge in [0.2, 0.25) is 5.91 Å². The quantitative estimate of drug-likeness (QED) is 0.677. The van der Waals surface area contributed by atoms with Crippen LogP contribution in [0, 0.1) is 12.8 Å². The molecule has 1 amide bonds. The van der Waals surface area contributed by atoms with Gasteiger partial charge in [-0.2, -0.15) is 13.2 Å². The molecule has 0 fully saturated rings. The highest BCUT2D eigenvalue weighted by Crippen LogP contribution is 2.25. The van der Waals surface area contributed by atoms with Crippen LogP contribution in [0.25, 0.3) is 0 Å². The molecule has 0 aromatic rings. The third-order valence-corrected chi connectivity index (χ3v) is 1.23. The number of amides is 1. The highest BCUT2D eigenvalue weighted by molar-refractivity contribution is 5.76. The molecular weight excluding hydrogens is 159 g/mol. The van der Waals surface area contributed by atoms with E-state index in [9.17, 15) is 18.0 Å². The molecular formula is C6H9F3NO. The summed E-state index contributed by atoms with van der Waals surface area (Å²) >= 11 is 0. The molecule has 0 spiro atoms. The zero-order chi connectivity index (χ0) is 9.07. The highest BCUT2D eigenvalue weighted by atomic mass is 19.4. The van der Waals surface area contributed by atoms with Crippen molar-refractivity contribution in [1.82, 2.24) is 0 Å². The molecule has 0 aromatic heterocycles. The minimum atomic E-state index is -4.34. The Morgan fingerprint density at radius 2 is 2.00 bits per heavy atom. The molecule has 2 N–H and O–H groups in total. The molecule has 1 unspecified atom stereocenters. The second kappa shape index (κ2) is 3.59. The molecule has 0 bridgehead atoms. The molecule has 0 aliphatic carbocycles. The average Bonchev–Trinajstić information content (AvgIpc) is 1.80. The summed E-state index contributed by atoms with van der Waals surface area (Å²) in [5, 5.41) is 0. The number of hydrogen-bond acceptors (Lipinski definition) is 1. The molecule has 0 saturated carbocycles. The smallest absolute Gasteiger partial charge is 0.369 e. The molecule has 5 heteroatoms. The molecule has 0 aromatic carbocycles. The monoisotopic (exact) mass is 168 g/mol. The number of halogens is 3. The number of carbonyl (C=O) groups is 1. The van der Waals surface area contributed by atoms with Gasteiger partial charge in [0, 0.05) is 5.92 Å². The van der Waals surface area contributed by atoms with Gasteiger partial charge in [-0.1, -0.05) is 6.92 Å². The van der Waals surface area contributed by atoms with Crippen LogP contribution in [0.3, 0.4) is 0 Å². The molecule has 0 rings (SSSR count). The van der Waals surface area contributed by atoms with E-state index in [1.807, 2.05) is 0 Å². The van der Waals surface area contributed by atoms with Gasteiger partial charge in [0.15, 0.2) is 0 Å². The Balaban J connectivity index is 3.99. The van der Waals surface area contributed by atoms with Crippen LogP contribution < -0.4 is 5.73 Å². The topological polar surface area (TPSA) is 43.1 Å². The Morgan fingerprint density at radius 1 is 1.55 bits per heavy atom. The van der Waals surface area contributed by atoms with Gasteiger partial charge in [-0.05, 0) is 6.42 Å². The maximum Gasteiger partial charge on any atom is 0.389 e. The van der Waals surface area contributed by atoms with Crippen LogP contribution in [-0.2, 0) is 4.79 Å². The normalized spacial score (nSPS) is 14.5. The van der Waals surface area contributed by atoms with Crippen LogP contribution >= 0.6 is 0 Å². The van der Waals surface area contributed by atoms with Crippen molar-refractivity contribution in [3.63, 3.8) is 0 Å². The summed E-state index contributed by atoms with van der Waals surface area (Å²) in [6, 6.07) is 0. The number of hydrogen-bond donors (Lipinski definition) is 1. The number of carbonyl (C=O) groups excluding carboxylic acids is 1. The van der Waals surface area contributed by atoms with Gasteiger partial charge in [-0.15, -0.1) is 0 Å². The fourth-order valence-corrected chi connectivity index (χ4v) is 0.624. The summed E-state index contributed by atoms with van der Waals surface area (Å²) < 4.78 is 34.9. The van der Waals surface area contributed by atoms with Gasteiger partial charge in [-0.3, -0.25) is 4.79 Å². The molecule has 0 aliphatic heterocycles. The molecule has 1 radical (unpaired) electrons. The van der Waals surface area contributed by atoms with Gasteiger partial charge in [-0.25, -0.2) is 0 Å². The maximum absolute atomic E-state index is 11.6. The number of alkyl halides is 3. The standard InChI is InChI=1S/C6H9F3NO/c1-2-4(5(10)11)3-6(7,8)9/h4H,1-3H2,(H2,10,11). The van der Waals surface area contributed by atoms with Gasteiger partial charge >= 0.3 is 6.18 Å². The Labute approximate surface area is 62.6 Å². The van der Waals surface area contributed by atoms with Crippen LogP contribution in [0.15, 0.2) is 0 Å². The minimum absolute atomic E-state index is 0.116. The molecule has 2 nitrogen and oxygen atoms in total. The molecule has 1 atom stereocenters. The van der Waals surface area contributed by atoms with E-state index in [2.05, 4.69) is 12.7 Å². The summed E-state index contributed by atoms with van der Waals surface area (Å²) in [6.07, 6.45) is -5.63. The summed E-state index contributed by atoms with van der Waals surface area (Å²) in [4.78, 5) is 10.3. The van der Waals surface area contributed by atoms with E-state index in [0.717, 1.165) is 0 Å². The van der Waals surface area contributed by atoms with Gasteiger partial charge in [0.1, 0.15) is 0 Å². The zero-order valence-corrected chi connectivity index (χ0v) is 5.82. The first-order valence-electron chi connectivity index (χ1n) is 3.02. The van der Waals surface area contributed by atoms with E-state index in [4.69, 9.17) is 0 Å². The van der Waals surface area contributed by atoms with E-state index in [1.54, 1.807) is 0 Å². The second-order valence-corrected chi connectivity index (χ2v) is 2.21. The van der Waals surface area contributed by atoms with E-state index in [1.165, 1.54) is 0 Å². The maximum atomic E-state index is 11.6. The van der Waals surface area contributed by atoms with Crippen molar-refractivity contribution in [3.8, 4) is 0 Å². The van der Waals surface area contributed by atoms with Crippen LogP contribution in [0.2, 0.25) is 0 Å². The summed E-state index contributed by atoms with van der Waals surface area (Å²) in [5.41, 5.74) is 4.68. The fraction of sp³-hybridized carbons (Fsp3) is 0.667. The highest BCUT2D eigenvalue weighted by Gasteiger charge is 2.33. The molecule has 0 heterocycles. The first-order valence-corrected chi connectivity index (χ1v) is 3.02. The van der Waals surface area contributed by atoms with Crippen LogP contribution in [0.5, 0.6) is 0 Å². The fourth-order valence-electron chi connectivity index (χ4n) is 0.624. The summed E-state index contributed by atoms with van der Waals surface area (Å²) in [6.45, 7) is 3.19. The van der Waals surface area contributed by atoms with Gasteiger partial charge in [0.25, 0.3) is 0 Å². The largest absolute Gasteiger partial charge is 0.389 e. The van der Waals surface area contributed by atoms with Crippen LogP contribution in [0.4, 0.5) is 13.2 Å². The average molecular weight is 168 g/mol. The molecule has 11 heavy (non-hydrogen) atoms. The van der Waals surface area contributed by atoms with Crippen molar-refractivity contribution in [2.45, 2.75) is 19.0 Å². The van der Waals surface area contributed by atoms with Gasteiger partial charge in [0.05, 0.1) is 6.42 Å². The lowest BCUT2D eigenvalue weighted by Gasteiger charge is -2.12.